The fourth-order valence-corrected chi connectivity index (χ4v) is 5.34. The first-order valence-electron chi connectivity index (χ1n) is 13.1. The van der Waals surface area contributed by atoms with E-state index in [0.29, 0.717) is 53.3 Å². The number of imidazole rings is 1. The van der Waals surface area contributed by atoms with Gasteiger partial charge in [-0.3, -0.25) is 9.47 Å². The summed E-state index contributed by atoms with van der Waals surface area (Å²) in [6, 6.07) is 10.5. The van der Waals surface area contributed by atoms with Crippen molar-refractivity contribution >= 4 is 22.7 Å². The number of hydrogen-bond acceptors (Lipinski definition) is 7. The van der Waals surface area contributed by atoms with Crippen LogP contribution in [-0.2, 0) is 0 Å². The summed E-state index contributed by atoms with van der Waals surface area (Å²) in [6.07, 6.45) is 1.62. The topological polar surface area (TPSA) is 79.3 Å². The van der Waals surface area contributed by atoms with Crippen molar-refractivity contribution in [3.63, 3.8) is 0 Å². The number of aryl methyl sites for hydroxylation is 1. The molecule has 0 amide bonds. The second-order valence-electron chi connectivity index (χ2n) is 9.66. The third-order valence-corrected chi connectivity index (χ3v) is 7.20. The van der Waals surface area contributed by atoms with Crippen LogP contribution in [0.25, 0.3) is 28.1 Å². The van der Waals surface area contributed by atoms with Crippen LogP contribution in [0.5, 0.6) is 0 Å². The minimum Gasteiger partial charge on any atom is -0.384 e. The van der Waals surface area contributed by atoms with Gasteiger partial charge in [-0.2, -0.15) is 0 Å². The summed E-state index contributed by atoms with van der Waals surface area (Å²) < 4.78 is 32.5. The molecule has 3 aromatic heterocycles. The highest BCUT2D eigenvalue weighted by atomic mass is 19.1. The second-order valence-corrected chi connectivity index (χ2v) is 9.66. The van der Waals surface area contributed by atoms with Crippen LogP contribution in [0.1, 0.15) is 19.7 Å². The fraction of sp³-hybridized carbons (Fsp3) is 0.393. The second kappa shape index (κ2) is 10.6. The Hall–Kier alpha value is -3.63. The van der Waals surface area contributed by atoms with Crippen LogP contribution in [0.2, 0.25) is 0 Å². The van der Waals surface area contributed by atoms with Crippen molar-refractivity contribution in [3.8, 4) is 16.9 Å². The molecular formula is C28H34F2N8. The largest absolute Gasteiger partial charge is 0.384 e. The Kier molecular flexibility index (Phi) is 7.27. The number of fused-ring (bicyclic) bond motifs is 1. The molecule has 4 aromatic rings. The maximum Gasteiger partial charge on any atom is 0.165 e. The maximum absolute atomic E-state index is 15.4. The lowest BCUT2D eigenvalue weighted by Crippen LogP contribution is -2.62. The number of pyridine rings is 2. The minimum atomic E-state index is -0.582. The SMILES string of the molecule is CC.Cc1nc2ccc(-c3ccnc(N)c3)nc2n1-c1cc(F)c(N2CCN(C3CN(C)C3)CC2)c(F)c1. The van der Waals surface area contributed by atoms with Gasteiger partial charge < -0.3 is 15.5 Å². The number of halogens is 2. The molecule has 6 rings (SSSR count). The molecule has 2 aliphatic heterocycles. The van der Waals surface area contributed by atoms with Crippen molar-refractivity contribution in [3.05, 3.63) is 60.1 Å². The van der Waals surface area contributed by atoms with E-state index in [1.54, 1.807) is 23.8 Å². The summed E-state index contributed by atoms with van der Waals surface area (Å²) in [5, 5.41) is 0. The zero-order valence-corrected chi connectivity index (χ0v) is 22.3. The molecule has 0 bridgehead atoms. The smallest absolute Gasteiger partial charge is 0.165 e. The summed E-state index contributed by atoms with van der Waals surface area (Å²) in [7, 11) is 2.11. The molecule has 5 heterocycles. The first-order valence-corrected chi connectivity index (χ1v) is 13.1. The van der Waals surface area contributed by atoms with Crippen LogP contribution in [0.3, 0.4) is 0 Å². The van der Waals surface area contributed by atoms with E-state index in [2.05, 4.69) is 26.8 Å². The molecule has 0 spiro atoms. The van der Waals surface area contributed by atoms with Crippen molar-refractivity contribution < 1.29 is 8.78 Å². The van der Waals surface area contributed by atoms with Crippen LogP contribution in [-0.4, -0.2) is 81.7 Å². The normalized spacial score (nSPS) is 16.8. The molecule has 0 aliphatic carbocycles. The summed E-state index contributed by atoms with van der Waals surface area (Å²) in [5.74, 6) is -0.184. The standard InChI is InChI=1S/C26H28F2N8.C2H6/c1-16-31-23-4-3-22(17-5-6-30-24(29)11-17)32-26(23)36(16)18-12-20(27)25(21(28)13-18)35-9-7-34(8-10-35)19-14-33(2)15-19;1-2/h3-6,11-13,19H,7-10,14-15H2,1-2H3,(H2,29,30);1-2H3. The van der Waals surface area contributed by atoms with E-state index < -0.39 is 11.6 Å². The van der Waals surface area contributed by atoms with Crippen molar-refractivity contribution in [2.24, 2.45) is 0 Å². The highest BCUT2D eigenvalue weighted by Crippen LogP contribution is 2.31. The van der Waals surface area contributed by atoms with Crippen molar-refractivity contribution in [1.29, 1.82) is 0 Å². The molecule has 2 fully saturated rings. The predicted molar refractivity (Wildman–Crippen MR) is 148 cm³/mol. The van der Waals surface area contributed by atoms with Crippen molar-refractivity contribution in [2.45, 2.75) is 26.8 Å². The van der Waals surface area contributed by atoms with E-state index >= 15 is 8.78 Å². The number of likely N-dealkylation sites (N-methyl/N-ethyl adjacent to an activating group) is 1. The molecule has 1 aromatic carbocycles. The Balaban J connectivity index is 0.00000144. The molecule has 10 heteroatoms. The van der Waals surface area contributed by atoms with Gasteiger partial charge in [-0.15, -0.1) is 0 Å². The first-order chi connectivity index (χ1) is 18.4. The van der Waals surface area contributed by atoms with Gasteiger partial charge in [0.2, 0.25) is 0 Å². The van der Waals surface area contributed by atoms with Gasteiger partial charge >= 0.3 is 0 Å². The number of rotatable bonds is 4. The predicted octanol–water partition coefficient (Wildman–Crippen LogP) is 4.11. The van der Waals surface area contributed by atoms with Crippen LogP contribution in [0.4, 0.5) is 20.3 Å². The Morgan fingerprint density at radius 3 is 2.24 bits per heavy atom. The zero-order valence-electron chi connectivity index (χ0n) is 22.3. The van der Waals surface area contributed by atoms with Gasteiger partial charge in [-0.05, 0) is 38.2 Å². The molecule has 38 heavy (non-hydrogen) atoms. The summed E-state index contributed by atoms with van der Waals surface area (Å²) in [4.78, 5) is 19.8. The quantitative estimate of drug-likeness (QED) is 0.434. The van der Waals surface area contributed by atoms with E-state index in [0.717, 1.165) is 31.7 Å². The summed E-state index contributed by atoms with van der Waals surface area (Å²) >= 11 is 0. The average Bonchev–Trinajstić information content (AvgIpc) is 3.23. The molecule has 0 atom stereocenters. The molecule has 2 saturated heterocycles. The van der Waals surface area contributed by atoms with E-state index in [-0.39, 0.29) is 5.69 Å². The third-order valence-electron chi connectivity index (χ3n) is 7.20. The number of nitrogens with two attached hydrogens (primary N) is 1. The number of anilines is 2. The highest BCUT2D eigenvalue weighted by molar-refractivity contribution is 5.78. The lowest BCUT2D eigenvalue weighted by atomic mass is 10.1. The van der Waals surface area contributed by atoms with E-state index in [1.807, 2.05) is 36.9 Å². The van der Waals surface area contributed by atoms with Gasteiger partial charge in [0.1, 0.15) is 22.8 Å². The molecule has 200 valence electrons. The van der Waals surface area contributed by atoms with Crippen LogP contribution >= 0.6 is 0 Å². The van der Waals surface area contributed by atoms with E-state index in [1.165, 1.54) is 12.1 Å². The summed E-state index contributed by atoms with van der Waals surface area (Å²) in [6.45, 7) is 10.7. The minimum absolute atomic E-state index is 0.0344. The first kappa shape index (κ1) is 26.0. The number of piperazine rings is 1. The molecule has 8 nitrogen and oxygen atoms in total. The Bertz CT molecular complexity index is 1420. The number of aromatic nitrogens is 4. The van der Waals surface area contributed by atoms with Gasteiger partial charge in [-0.25, -0.2) is 23.7 Å². The monoisotopic (exact) mass is 520 g/mol. The fourth-order valence-electron chi connectivity index (χ4n) is 5.34. The molecule has 2 N–H and O–H groups in total. The molecular weight excluding hydrogens is 486 g/mol. The van der Waals surface area contributed by atoms with Gasteiger partial charge in [0, 0.05) is 69.2 Å². The summed E-state index contributed by atoms with van der Waals surface area (Å²) in [5.41, 5.74) is 8.85. The van der Waals surface area contributed by atoms with Gasteiger partial charge in [-0.1, -0.05) is 13.8 Å². The van der Waals surface area contributed by atoms with E-state index in [9.17, 15) is 0 Å². The number of nitrogens with zero attached hydrogens (tertiary/aromatic N) is 7. The lowest BCUT2D eigenvalue weighted by Gasteiger charge is -2.47. The average molecular weight is 521 g/mol. The van der Waals surface area contributed by atoms with Crippen molar-refractivity contribution in [2.75, 3.05) is 56.9 Å². The van der Waals surface area contributed by atoms with Crippen LogP contribution in [0.15, 0.2) is 42.6 Å². The Morgan fingerprint density at radius 2 is 1.61 bits per heavy atom. The number of nitrogen functional groups attached to an aromatic ring is 1. The molecule has 0 unspecified atom stereocenters. The number of benzene rings is 1. The molecule has 0 radical (unpaired) electrons. The lowest BCUT2D eigenvalue weighted by molar-refractivity contribution is 0.0486. The highest BCUT2D eigenvalue weighted by Gasteiger charge is 2.32. The van der Waals surface area contributed by atoms with E-state index in [4.69, 9.17) is 10.7 Å². The number of likely N-dealkylation sites (tertiary alicyclic amines) is 1. The zero-order chi connectivity index (χ0) is 27.0. The number of hydrogen-bond donors (Lipinski definition) is 1. The Labute approximate surface area is 221 Å². The third kappa shape index (κ3) is 4.81. The molecule has 0 saturated carbocycles. The molecule has 2 aliphatic rings. The van der Waals surface area contributed by atoms with Gasteiger partial charge in [0.05, 0.1) is 11.4 Å². The van der Waals surface area contributed by atoms with Crippen LogP contribution < -0.4 is 10.6 Å². The van der Waals surface area contributed by atoms with Crippen LogP contribution in [0, 0.1) is 18.6 Å². The van der Waals surface area contributed by atoms with Gasteiger partial charge in [0.25, 0.3) is 0 Å². The van der Waals surface area contributed by atoms with Crippen molar-refractivity contribution in [1.82, 2.24) is 29.3 Å². The Morgan fingerprint density at radius 1 is 0.921 bits per heavy atom. The van der Waals surface area contributed by atoms with Gasteiger partial charge in [0.15, 0.2) is 17.3 Å². The maximum atomic E-state index is 15.4.